The number of rotatable bonds is 5. The van der Waals surface area contributed by atoms with Crippen LogP contribution in [0.3, 0.4) is 0 Å². The zero-order valence-corrected chi connectivity index (χ0v) is 7.02. The van der Waals surface area contributed by atoms with Crippen molar-refractivity contribution < 1.29 is 9.53 Å². The van der Waals surface area contributed by atoms with Gasteiger partial charge in [-0.25, -0.2) is 0 Å². The standard InChI is InChI=1S/C8H16O2/c1-4-10-8(2,3)6-5-7-9/h7H,4-6H2,1-3H3. The lowest BCUT2D eigenvalue weighted by Crippen LogP contribution is -2.24. The van der Waals surface area contributed by atoms with E-state index in [1.54, 1.807) is 0 Å². The van der Waals surface area contributed by atoms with Gasteiger partial charge in [0.05, 0.1) is 5.60 Å². The summed E-state index contributed by atoms with van der Waals surface area (Å²) in [6.07, 6.45) is 2.33. The van der Waals surface area contributed by atoms with E-state index in [0.29, 0.717) is 13.0 Å². The van der Waals surface area contributed by atoms with Gasteiger partial charge < -0.3 is 9.53 Å². The molecular formula is C8H16O2. The maximum absolute atomic E-state index is 10.0. The first-order valence-corrected chi connectivity index (χ1v) is 3.70. The Balaban J connectivity index is 3.51. The van der Waals surface area contributed by atoms with Crippen LogP contribution in [-0.2, 0) is 9.53 Å². The number of aldehydes is 1. The van der Waals surface area contributed by atoms with Crippen LogP contribution in [0.15, 0.2) is 0 Å². The van der Waals surface area contributed by atoms with Gasteiger partial charge in [-0.05, 0) is 27.2 Å². The molecule has 0 aromatic rings. The van der Waals surface area contributed by atoms with E-state index in [4.69, 9.17) is 4.74 Å². The summed E-state index contributed by atoms with van der Waals surface area (Å²) in [6, 6.07) is 0. The van der Waals surface area contributed by atoms with Gasteiger partial charge in [-0.2, -0.15) is 0 Å². The van der Waals surface area contributed by atoms with E-state index in [9.17, 15) is 4.79 Å². The zero-order chi connectivity index (χ0) is 8.04. The van der Waals surface area contributed by atoms with Crippen LogP contribution in [-0.4, -0.2) is 18.5 Å². The van der Waals surface area contributed by atoms with Crippen LogP contribution in [0, 0.1) is 0 Å². The van der Waals surface area contributed by atoms with E-state index in [-0.39, 0.29) is 5.60 Å². The van der Waals surface area contributed by atoms with Crippen LogP contribution in [0.1, 0.15) is 33.6 Å². The van der Waals surface area contributed by atoms with Crippen molar-refractivity contribution in [3.63, 3.8) is 0 Å². The molecule has 0 aliphatic heterocycles. The molecule has 0 rings (SSSR count). The highest BCUT2D eigenvalue weighted by atomic mass is 16.5. The minimum absolute atomic E-state index is 0.129. The SMILES string of the molecule is CCOC(C)(C)CCC=O. The van der Waals surface area contributed by atoms with Crippen molar-refractivity contribution in [2.24, 2.45) is 0 Å². The maximum Gasteiger partial charge on any atom is 0.120 e. The van der Waals surface area contributed by atoms with E-state index in [1.807, 2.05) is 20.8 Å². The highest BCUT2D eigenvalue weighted by Gasteiger charge is 2.15. The third kappa shape index (κ3) is 4.50. The second kappa shape index (κ2) is 4.45. The largest absolute Gasteiger partial charge is 0.376 e. The molecule has 0 heterocycles. The fourth-order valence-electron chi connectivity index (χ4n) is 0.869. The monoisotopic (exact) mass is 144 g/mol. The zero-order valence-electron chi connectivity index (χ0n) is 7.02. The molecule has 0 saturated heterocycles. The lowest BCUT2D eigenvalue weighted by atomic mass is 10.0. The van der Waals surface area contributed by atoms with Gasteiger partial charge in [-0.15, -0.1) is 0 Å². The lowest BCUT2D eigenvalue weighted by molar-refractivity contribution is -0.109. The van der Waals surface area contributed by atoms with Crippen molar-refractivity contribution in [3.8, 4) is 0 Å². The number of carbonyl (C=O) groups is 1. The minimum Gasteiger partial charge on any atom is -0.376 e. The molecule has 0 aliphatic carbocycles. The molecule has 0 N–H and O–H groups in total. The predicted molar refractivity (Wildman–Crippen MR) is 41.0 cm³/mol. The third-order valence-electron chi connectivity index (χ3n) is 1.40. The van der Waals surface area contributed by atoms with Crippen molar-refractivity contribution in [2.75, 3.05) is 6.61 Å². The molecule has 2 heteroatoms. The molecule has 0 fully saturated rings. The van der Waals surface area contributed by atoms with Crippen LogP contribution < -0.4 is 0 Å². The Bertz CT molecular complexity index is 97.4. The van der Waals surface area contributed by atoms with E-state index >= 15 is 0 Å². The number of carbonyl (C=O) groups excluding carboxylic acids is 1. The normalized spacial score (nSPS) is 11.5. The predicted octanol–water partition coefficient (Wildman–Crippen LogP) is 1.78. The summed E-state index contributed by atoms with van der Waals surface area (Å²) in [5.41, 5.74) is -0.129. The molecule has 0 unspecified atom stereocenters. The van der Waals surface area contributed by atoms with Gasteiger partial charge in [0.2, 0.25) is 0 Å². The van der Waals surface area contributed by atoms with Gasteiger partial charge in [0.15, 0.2) is 0 Å². The Morgan fingerprint density at radius 3 is 2.50 bits per heavy atom. The second-order valence-electron chi connectivity index (χ2n) is 2.90. The van der Waals surface area contributed by atoms with Crippen LogP contribution >= 0.6 is 0 Å². The fraction of sp³-hybridized carbons (Fsp3) is 0.875. The van der Waals surface area contributed by atoms with Crippen molar-refractivity contribution in [1.82, 2.24) is 0 Å². The molecule has 0 aromatic carbocycles. The van der Waals surface area contributed by atoms with Crippen LogP contribution in [0.4, 0.5) is 0 Å². The van der Waals surface area contributed by atoms with E-state index < -0.39 is 0 Å². The molecule has 0 radical (unpaired) electrons. The summed E-state index contributed by atoms with van der Waals surface area (Å²) in [5, 5.41) is 0. The summed E-state index contributed by atoms with van der Waals surface area (Å²) in [6.45, 7) is 6.68. The average Bonchev–Trinajstić information content (AvgIpc) is 1.84. The first-order valence-electron chi connectivity index (χ1n) is 3.70. The lowest BCUT2D eigenvalue weighted by Gasteiger charge is -2.23. The Hall–Kier alpha value is -0.370. The Morgan fingerprint density at radius 1 is 1.50 bits per heavy atom. The molecule has 0 atom stereocenters. The van der Waals surface area contributed by atoms with Crippen molar-refractivity contribution >= 4 is 6.29 Å². The molecular weight excluding hydrogens is 128 g/mol. The average molecular weight is 144 g/mol. The van der Waals surface area contributed by atoms with E-state index in [2.05, 4.69) is 0 Å². The van der Waals surface area contributed by atoms with Gasteiger partial charge in [-0.1, -0.05) is 0 Å². The fourth-order valence-corrected chi connectivity index (χ4v) is 0.869. The van der Waals surface area contributed by atoms with Crippen LogP contribution in [0.25, 0.3) is 0 Å². The topological polar surface area (TPSA) is 26.3 Å². The molecule has 0 saturated carbocycles. The molecule has 0 spiro atoms. The highest BCUT2D eigenvalue weighted by molar-refractivity contribution is 5.49. The second-order valence-corrected chi connectivity index (χ2v) is 2.90. The third-order valence-corrected chi connectivity index (χ3v) is 1.40. The number of ether oxygens (including phenoxy) is 1. The van der Waals surface area contributed by atoms with Crippen molar-refractivity contribution in [2.45, 2.75) is 39.2 Å². The summed E-state index contributed by atoms with van der Waals surface area (Å²) in [4.78, 5) is 10.0. The summed E-state index contributed by atoms with van der Waals surface area (Å²) >= 11 is 0. The highest BCUT2D eigenvalue weighted by Crippen LogP contribution is 2.14. The van der Waals surface area contributed by atoms with Crippen LogP contribution in [0.5, 0.6) is 0 Å². The van der Waals surface area contributed by atoms with E-state index in [1.165, 1.54) is 0 Å². The Kier molecular flexibility index (Phi) is 4.28. The molecule has 0 aliphatic rings. The minimum atomic E-state index is -0.129. The first kappa shape index (κ1) is 9.63. The van der Waals surface area contributed by atoms with Gasteiger partial charge in [0.1, 0.15) is 6.29 Å². The van der Waals surface area contributed by atoms with Gasteiger partial charge in [0.25, 0.3) is 0 Å². The van der Waals surface area contributed by atoms with Crippen molar-refractivity contribution in [3.05, 3.63) is 0 Å². The molecule has 10 heavy (non-hydrogen) atoms. The quantitative estimate of drug-likeness (QED) is 0.550. The maximum atomic E-state index is 10.0. The Morgan fingerprint density at radius 2 is 2.10 bits per heavy atom. The molecule has 60 valence electrons. The first-order chi connectivity index (χ1) is 4.62. The number of hydrogen-bond acceptors (Lipinski definition) is 2. The molecule has 0 aromatic heterocycles. The molecule has 0 bridgehead atoms. The molecule has 2 nitrogen and oxygen atoms in total. The Labute approximate surface area is 62.6 Å². The summed E-state index contributed by atoms with van der Waals surface area (Å²) < 4.78 is 5.37. The van der Waals surface area contributed by atoms with Gasteiger partial charge in [0, 0.05) is 13.0 Å². The smallest absolute Gasteiger partial charge is 0.120 e. The van der Waals surface area contributed by atoms with Gasteiger partial charge >= 0.3 is 0 Å². The summed E-state index contributed by atoms with van der Waals surface area (Å²) in [5.74, 6) is 0. The van der Waals surface area contributed by atoms with Gasteiger partial charge in [-0.3, -0.25) is 0 Å². The van der Waals surface area contributed by atoms with Crippen molar-refractivity contribution in [1.29, 1.82) is 0 Å². The van der Waals surface area contributed by atoms with Crippen LogP contribution in [0.2, 0.25) is 0 Å². The summed E-state index contributed by atoms with van der Waals surface area (Å²) in [7, 11) is 0. The molecule has 0 amide bonds. The number of hydrogen-bond donors (Lipinski definition) is 0. The van der Waals surface area contributed by atoms with E-state index in [0.717, 1.165) is 12.7 Å².